The number of benzene rings is 1. The van der Waals surface area contributed by atoms with Gasteiger partial charge in [0.1, 0.15) is 5.82 Å². The van der Waals surface area contributed by atoms with Gasteiger partial charge in [0.05, 0.1) is 11.1 Å². The molecule has 0 radical (unpaired) electrons. The quantitative estimate of drug-likeness (QED) is 0.941. The maximum atomic E-state index is 13.0. The van der Waals surface area contributed by atoms with Crippen LogP contribution in [0.3, 0.4) is 0 Å². The van der Waals surface area contributed by atoms with Crippen molar-refractivity contribution in [2.24, 2.45) is 5.73 Å². The molecule has 1 aromatic carbocycles. The van der Waals surface area contributed by atoms with Crippen molar-refractivity contribution in [3.63, 3.8) is 0 Å². The fourth-order valence-corrected chi connectivity index (χ4v) is 3.14. The molecule has 3 rings (SSSR count). The van der Waals surface area contributed by atoms with Crippen LogP contribution >= 0.6 is 0 Å². The Hall–Kier alpha value is -2.69. The predicted molar refractivity (Wildman–Crippen MR) is 95.3 cm³/mol. The first-order chi connectivity index (χ1) is 11.4. The molecule has 1 aliphatic heterocycles. The number of hydrogen-bond acceptors (Lipinski definition) is 4. The van der Waals surface area contributed by atoms with Crippen LogP contribution in [0.25, 0.3) is 11.1 Å². The van der Waals surface area contributed by atoms with Crippen molar-refractivity contribution in [1.29, 1.82) is 0 Å². The van der Waals surface area contributed by atoms with Crippen LogP contribution in [0.4, 0.5) is 5.69 Å². The van der Waals surface area contributed by atoms with Crippen molar-refractivity contribution < 1.29 is 4.79 Å². The van der Waals surface area contributed by atoms with Crippen LogP contribution in [0.15, 0.2) is 42.5 Å². The number of anilines is 1. The van der Waals surface area contributed by atoms with Crippen LogP contribution in [-0.4, -0.2) is 15.9 Å². The number of nitrogens with zero attached hydrogens (tertiary/aromatic N) is 3. The van der Waals surface area contributed by atoms with Gasteiger partial charge >= 0.3 is 0 Å². The number of hydrogen-bond donors (Lipinski definition) is 1. The third-order valence-electron chi connectivity index (χ3n) is 4.92. The topological polar surface area (TPSA) is 72.1 Å². The molecule has 0 aliphatic carbocycles. The Bertz CT molecular complexity index is 826. The lowest BCUT2D eigenvalue weighted by Crippen LogP contribution is -2.37. The second-order valence-corrected chi connectivity index (χ2v) is 6.39. The van der Waals surface area contributed by atoms with Crippen LogP contribution < -0.4 is 10.6 Å². The number of fused-ring (bicyclic) bond motifs is 1. The summed E-state index contributed by atoms with van der Waals surface area (Å²) in [5.41, 5.74) is 9.73. The van der Waals surface area contributed by atoms with E-state index in [0.29, 0.717) is 0 Å². The largest absolute Gasteiger partial charge is 0.403 e. The highest BCUT2D eigenvalue weighted by atomic mass is 16.2. The summed E-state index contributed by atoms with van der Waals surface area (Å²) in [6.45, 7) is 7.74. The lowest BCUT2D eigenvalue weighted by molar-refractivity contribution is -0.122. The van der Waals surface area contributed by atoms with Crippen molar-refractivity contribution in [2.45, 2.75) is 39.5 Å². The molecule has 2 N–H and O–H groups in total. The van der Waals surface area contributed by atoms with E-state index in [1.54, 1.807) is 17.3 Å². The van der Waals surface area contributed by atoms with Gasteiger partial charge in [0.15, 0.2) is 0 Å². The van der Waals surface area contributed by atoms with Crippen molar-refractivity contribution in [1.82, 2.24) is 9.97 Å². The average Bonchev–Trinajstić information content (AvgIpc) is 2.83. The first-order valence-electron chi connectivity index (χ1n) is 8.09. The highest BCUT2D eigenvalue weighted by Crippen LogP contribution is 2.46. The minimum atomic E-state index is -0.526. The maximum absolute atomic E-state index is 13.0. The molecule has 1 aromatic heterocycles. The van der Waals surface area contributed by atoms with E-state index in [2.05, 4.69) is 9.97 Å². The smallest absolute Gasteiger partial charge is 0.241 e. The normalized spacial score (nSPS) is 20.4. The summed E-state index contributed by atoms with van der Waals surface area (Å²) in [5, 5.41) is 0. The molecular formula is C19H22N4O. The Balaban J connectivity index is 2.18. The average molecular weight is 322 g/mol. The molecule has 0 spiro atoms. The third-order valence-corrected chi connectivity index (χ3v) is 4.92. The Morgan fingerprint density at radius 3 is 2.54 bits per heavy atom. The molecule has 5 nitrogen and oxygen atoms in total. The molecule has 0 bridgehead atoms. The van der Waals surface area contributed by atoms with Gasteiger partial charge in [0.2, 0.25) is 5.91 Å². The Kier molecular flexibility index (Phi) is 3.87. The molecule has 1 aliphatic rings. The van der Waals surface area contributed by atoms with Crippen LogP contribution in [0.2, 0.25) is 0 Å². The summed E-state index contributed by atoms with van der Waals surface area (Å²) < 4.78 is 0. The van der Waals surface area contributed by atoms with Gasteiger partial charge in [-0.2, -0.15) is 0 Å². The zero-order valence-corrected chi connectivity index (χ0v) is 14.5. The summed E-state index contributed by atoms with van der Waals surface area (Å²) in [5.74, 6) is 0.800. The number of carbonyl (C=O) groups is 1. The molecule has 0 saturated carbocycles. The summed E-state index contributed by atoms with van der Waals surface area (Å²) in [6.07, 6.45) is 5.82. The van der Waals surface area contributed by atoms with Gasteiger partial charge in [0, 0.05) is 29.9 Å². The van der Waals surface area contributed by atoms with Gasteiger partial charge in [-0.1, -0.05) is 19.1 Å². The first kappa shape index (κ1) is 16.2. The zero-order valence-electron chi connectivity index (χ0n) is 14.5. The van der Waals surface area contributed by atoms with Crippen LogP contribution in [0.1, 0.15) is 38.6 Å². The lowest BCUT2D eigenvalue weighted by atomic mass is 9.81. The molecule has 1 unspecified atom stereocenters. The summed E-state index contributed by atoms with van der Waals surface area (Å²) >= 11 is 0. The monoisotopic (exact) mass is 322 g/mol. The van der Waals surface area contributed by atoms with E-state index in [9.17, 15) is 4.79 Å². The van der Waals surface area contributed by atoms with Gasteiger partial charge < -0.3 is 5.73 Å². The molecule has 124 valence electrons. The van der Waals surface area contributed by atoms with E-state index in [-0.39, 0.29) is 5.91 Å². The first-order valence-corrected chi connectivity index (χ1v) is 8.09. The van der Waals surface area contributed by atoms with Crippen molar-refractivity contribution in [2.75, 3.05) is 4.90 Å². The summed E-state index contributed by atoms with van der Waals surface area (Å²) in [6, 6.07) is 6.09. The Morgan fingerprint density at radius 1 is 1.29 bits per heavy atom. The fourth-order valence-electron chi connectivity index (χ4n) is 3.14. The van der Waals surface area contributed by atoms with Crippen LogP contribution in [-0.2, 0) is 10.2 Å². The van der Waals surface area contributed by atoms with Gasteiger partial charge in [-0.3, -0.25) is 9.69 Å². The van der Waals surface area contributed by atoms with Gasteiger partial charge in [-0.05, 0) is 44.4 Å². The maximum Gasteiger partial charge on any atom is 0.241 e. The van der Waals surface area contributed by atoms with Gasteiger partial charge in [-0.25, -0.2) is 9.97 Å². The Labute approximate surface area is 142 Å². The Morgan fingerprint density at radius 2 is 1.96 bits per heavy atom. The molecule has 1 amide bonds. The highest BCUT2D eigenvalue weighted by Gasteiger charge is 2.46. The molecule has 0 fully saturated rings. The third kappa shape index (κ3) is 2.28. The SMILES string of the molecule is CCC1(C)C(=O)N(/C(C)=C/N)c2cc(-c3cnc(C)nc3)ccc21. The van der Waals surface area contributed by atoms with E-state index in [1.165, 1.54) is 6.20 Å². The number of carbonyl (C=O) groups excluding carboxylic acids is 1. The molecule has 5 heteroatoms. The van der Waals surface area contributed by atoms with E-state index in [1.807, 2.05) is 45.9 Å². The molecule has 0 saturated heterocycles. The molecule has 2 aromatic rings. The van der Waals surface area contributed by atoms with E-state index >= 15 is 0 Å². The van der Waals surface area contributed by atoms with Crippen molar-refractivity contribution >= 4 is 11.6 Å². The predicted octanol–water partition coefficient (Wildman–Crippen LogP) is 3.29. The minimum Gasteiger partial charge on any atom is -0.403 e. The fraction of sp³-hybridized carbons (Fsp3) is 0.316. The molecule has 2 heterocycles. The van der Waals surface area contributed by atoms with Crippen molar-refractivity contribution in [3.05, 3.63) is 53.9 Å². The minimum absolute atomic E-state index is 0.0662. The molecule has 24 heavy (non-hydrogen) atoms. The van der Waals surface area contributed by atoms with Crippen molar-refractivity contribution in [3.8, 4) is 11.1 Å². The summed E-state index contributed by atoms with van der Waals surface area (Å²) in [7, 11) is 0. The number of aromatic nitrogens is 2. The second kappa shape index (κ2) is 5.74. The number of aryl methyl sites for hydroxylation is 1. The standard InChI is InChI=1S/C19H22N4O/c1-5-19(4)16-7-6-14(15-10-21-13(3)22-11-15)8-17(16)23(18(19)24)12(2)9-20/h6-11H,5,20H2,1-4H3/b12-9+. The van der Waals surface area contributed by atoms with Gasteiger partial charge in [-0.15, -0.1) is 0 Å². The van der Waals surface area contributed by atoms with Crippen LogP contribution in [0, 0.1) is 6.92 Å². The zero-order chi connectivity index (χ0) is 17.5. The summed E-state index contributed by atoms with van der Waals surface area (Å²) in [4.78, 5) is 23.2. The molecular weight excluding hydrogens is 300 g/mol. The van der Waals surface area contributed by atoms with Crippen LogP contribution in [0.5, 0.6) is 0 Å². The number of rotatable bonds is 3. The van der Waals surface area contributed by atoms with E-state index in [0.717, 1.165) is 40.3 Å². The number of allylic oxidation sites excluding steroid dienone is 1. The lowest BCUT2D eigenvalue weighted by Gasteiger charge is -2.23. The number of amides is 1. The van der Waals surface area contributed by atoms with Gasteiger partial charge in [0.25, 0.3) is 0 Å². The number of nitrogens with two attached hydrogens (primary N) is 1. The van der Waals surface area contributed by atoms with E-state index in [4.69, 9.17) is 5.73 Å². The van der Waals surface area contributed by atoms with E-state index < -0.39 is 5.41 Å². The molecule has 1 atom stereocenters. The second-order valence-electron chi connectivity index (χ2n) is 6.39. The highest BCUT2D eigenvalue weighted by molar-refractivity contribution is 6.10.